The summed E-state index contributed by atoms with van der Waals surface area (Å²) in [7, 11) is 4.05. The number of halogens is 1. The maximum absolute atomic E-state index is 9.34. The lowest BCUT2D eigenvalue weighted by atomic mass is 10.2. The molecule has 2 heterocycles. The van der Waals surface area contributed by atoms with E-state index in [1.165, 1.54) is 4.88 Å². The number of benzene rings is 1. The molecule has 0 aliphatic rings. The third-order valence-corrected chi connectivity index (χ3v) is 5.00. The summed E-state index contributed by atoms with van der Waals surface area (Å²) in [4.78, 5) is 7.64. The summed E-state index contributed by atoms with van der Waals surface area (Å²) < 4.78 is 5.78. The fourth-order valence-electron chi connectivity index (χ4n) is 2.44. The van der Waals surface area contributed by atoms with Crippen molar-refractivity contribution in [2.75, 3.05) is 26.0 Å². The molecule has 1 atom stereocenters. The van der Waals surface area contributed by atoms with E-state index in [4.69, 9.17) is 16.0 Å². The number of nitrogens with zero attached hydrogens (tertiary/aromatic N) is 3. The van der Waals surface area contributed by atoms with Crippen molar-refractivity contribution in [3.05, 3.63) is 57.4 Å². The van der Waals surface area contributed by atoms with Gasteiger partial charge in [-0.05, 0) is 49.8 Å². The molecule has 0 amide bonds. The van der Waals surface area contributed by atoms with Gasteiger partial charge in [0, 0.05) is 22.0 Å². The van der Waals surface area contributed by atoms with Crippen LogP contribution in [-0.4, -0.2) is 30.5 Å². The molecular weight excluding hydrogens is 356 g/mol. The number of thiophene rings is 1. The minimum Gasteiger partial charge on any atom is -0.419 e. The zero-order valence-corrected chi connectivity index (χ0v) is 15.4. The SMILES string of the molecule is CN(C)[C@H](CNc1oc(-c2ccc(Cl)cc2)nc1C#N)c1cccs1. The Kier molecular flexibility index (Phi) is 5.39. The monoisotopic (exact) mass is 372 g/mol. The predicted molar refractivity (Wildman–Crippen MR) is 101 cm³/mol. The Morgan fingerprint density at radius 1 is 1.32 bits per heavy atom. The molecule has 25 heavy (non-hydrogen) atoms. The molecule has 5 nitrogen and oxygen atoms in total. The summed E-state index contributed by atoms with van der Waals surface area (Å²) >= 11 is 7.61. The molecule has 3 aromatic rings. The fourth-order valence-corrected chi connectivity index (χ4v) is 3.49. The molecule has 0 aliphatic carbocycles. The standard InChI is InChI=1S/C18H17ClN4OS/c1-23(2)15(16-4-3-9-25-16)11-21-18-14(10-20)22-17(24-18)12-5-7-13(19)8-6-12/h3-9,15,21H,11H2,1-2H3/t15-/m1/s1. The van der Waals surface area contributed by atoms with E-state index in [0.717, 1.165) is 5.56 Å². The largest absolute Gasteiger partial charge is 0.419 e. The van der Waals surface area contributed by atoms with E-state index in [1.807, 2.05) is 32.3 Å². The van der Waals surface area contributed by atoms with Crippen LogP contribution in [-0.2, 0) is 0 Å². The van der Waals surface area contributed by atoms with Crippen molar-refractivity contribution in [3.63, 3.8) is 0 Å². The Labute approximate surface area is 155 Å². The number of rotatable bonds is 6. The average Bonchev–Trinajstić information content (AvgIpc) is 3.25. The molecule has 2 aromatic heterocycles. The minimum absolute atomic E-state index is 0.177. The van der Waals surface area contributed by atoms with Gasteiger partial charge in [0.15, 0.2) is 0 Å². The van der Waals surface area contributed by atoms with Crippen molar-refractivity contribution in [2.45, 2.75) is 6.04 Å². The lowest BCUT2D eigenvalue weighted by Gasteiger charge is -2.23. The second kappa shape index (κ2) is 7.70. The highest BCUT2D eigenvalue weighted by molar-refractivity contribution is 7.10. The van der Waals surface area contributed by atoms with E-state index in [1.54, 1.807) is 23.5 Å². The lowest BCUT2D eigenvalue weighted by molar-refractivity contribution is 0.315. The van der Waals surface area contributed by atoms with Gasteiger partial charge in [-0.15, -0.1) is 11.3 Å². The number of anilines is 1. The van der Waals surface area contributed by atoms with Gasteiger partial charge in [0.1, 0.15) is 6.07 Å². The first-order valence-electron chi connectivity index (χ1n) is 7.69. The second-order valence-electron chi connectivity index (χ2n) is 5.69. The molecule has 0 radical (unpaired) electrons. The first-order chi connectivity index (χ1) is 12.1. The number of nitriles is 1. The minimum atomic E-state index is 0.177. The number of hydrogen-bond acceptors (Lipinski definition) is 6. The van der Waals surface area contributed by atoms with Gasteiger partial charge in [-0.2, -0.15) is 10.2 Å². The van der Waals surface area contributed by atoms with Crippen molar-refractivity contribution in [2.24, 2.45) is 0 Å². The Morgan fingerprint density at radius 2 is 2.08 bits per heavy atom. The Morgan fingerprint density at radius 3 is 2.68 bits per heavy atom. The number of oxazole rings is 1. The molecule has 0 unspecified atom stereocenters. The zero-order chi connectivity index (χ0) is 17.8. The van der Waals surface area contributed by atoms with Crippen molar-refractivity contribution in [1.29, 1.82) is 5.26 Å². The molecule has 1 N–H and O–H groups in total. The normalized spacial score (nSPS) is 12.1. The van der Waals surface area contributed by atoms with Crippen molar-refractivity contribution < 1.29 is 4.42 Å². The van der Waals surface area contributed by atoms with Gasteiger partial charge in [-0.25, -0.2) is 0 Å². The van der Waals surface area contributed by atoms with Gasteiger partial charge in [0.05, 0.1) is 6.04 Å². The number of likely N-dealkylation sites (N-methyl/N-ethyl adjacent to an activating group) is 1. The number of hydrogen-bond donors (Lipinski definition) is 1. The maximum atomic E-state index is 9.34. The molecule has 0 fully saturated rings. The van der Waals surface area contributed by atoms with Crippen LogP contribution in [0, 0.1) is 11.3 Å². The van der Waals surface area contributed by atoms with Gasteiger partial charge in [-0.1, -0.05) is 17.7 Å². The zero-order valence-electron chi connectivity index (χ0n) is 13.9. The molecule has 0 saturated carbocycles. The summed E-state index contributed by atoms with van der Waals surface area (Å²) in [5.74, 6) is 0.782. The second-order valence-corrected chi connectivity index (χ2v) is 7.11. The van der Waals surface area contributed by atoms with E-state index in [-0.39, 0.29) is 11.7 Å². The molecule has 0 bridgehead atoms. The molecular formula is C18H17ClN4OS. The third-order valence-electron chi connectivity index (χ3n) is 3.78. The number of aromatic nitrogens is 1. The van der Waals surface area contributed by atoms with Gasteiger partial charge in [-0.3, -0.25) is 0 Å². The van der Waals surface area contributed by atoms with Crippen LogP contribution in [0.1, 0.15) is 16.6 Å². The Hall–Kier alpha value is -2.33. The molecule has 0 aliphatic heterocycles. The van der Waals surface area contributed by atoms with E-state index in [0.29, 0.717) is 23.3 Å². The molecule has 0 spiro atoms. The molecule has 0 saturated heterocycles. The predicted octanol–water partition coefficient (Wildman–Crippen LogP) is 4.64. The highest BCUT2D eigenvalue weighted by Gasteiger charge is 2.19. The number of nitrogens with one attached hydrogen (secondary N) is 1. The van der Waals surface area contributed by atoms with Crippen LogP contribution in [0.5, 0.6) is 0 Å². The third kappa shape index (κ3) is 4.02. The van der Waals surface area contributed by atoms with E-state index < -0.39 is 0 Å². The van der Waals surface area contributed by atoms with Crippen LogP contribution in [0.15, 0.2) is 46.2 Å². The van der Waals surface area contributed by atoms with E-state index in [9.17, 15) is 5.26 Å². The van der Waals surface area contributed by atoms with Crippen molar-refractivity contribution in [3.8, 4) is 17.5 Å². The summed E-state index contributed by atoms with van der Waals surface area (Å²) in [6, 6.07) is 13.5. The Bertz CT molecular complexity index is 866. The smallest absolute Gasteiger partial charge is 0.232 e. The maximum Gasteiger partial charge on any atom is 0.232 e. The van der Waals surface area contributed by atoms with Gasteiger partial charge in [0.25, 0.3) is 0 Å². The molecule has 3 rings (SSSR count). The van der Waals surface area contributed by atoms with Crippen LogP contribution in [0.3, 0.4) is 0 Å². The van der Waals surface area contributed by atoms with E-state index in [2.05, 4.69) is 32.7 Å². The Balaban J connectivity index is 1.80. The van der Waals surface area contributed by atoms with Crippen LogP contribution in [0.2, 0.25) is 5.02 Å². The van der Waals surface area contributed by atoms with Crippen molar-refractivity contribution >= 4 is 28.8 Å². The van der Waals surface area contributed by atoms with Gasteiger partial charge >= 0.3 is 0 Å². The topological polar surface area (TPSA) is 65.1 Å². The summed E-state index contributed by atoms with van der Waals surface area (Å²) in [5, 5.41) is 15.3. The van der Waals surface area contributed by atoms with Crippen LogP contribution < -0.4 is 5.32 Å². The van der Waals surface area contributed by atoms with Crippen molar-refractivity contribution in [1.82, 2.24) is 9.88 Å². The quantitative estimate of drug-likeness (QED) is 0.682. The highest BCUT2D eigenvalue weighted by Crippen LogP contribution is 2.28. The highest BCUT2D eigenvalue weighted by atomic mass is 35.5. The first kappa shape index (κ1) is 17.5. The summed E-state index contributed by atoms with van der Waals surface area (Å²) in [6.45, 7) is 0.609. The first-order valence-corrected chi connectivity index (χ1v) is 8.95. The summed E-state index contributed by atoms with van der Waals surface area (Å²) in [5.41, 5.74) is 1.02. The van der Waals surface area contributed by atoms with Gasteiger partial charge in [0.2, 0.25) is 17.5 Å². The molecule has 128 valence electrons. The average molecular weight is 373 g/mol. The molecule has 7 heteroatoms. The van der Waals surface area contributed by atoms with Crippen LogP contribution in [0.4, 0.5) is 5.88 Å². The van der Waals surface area contributed by atoms with Crippen LogP contribution in [0.25, 0.3) is 11.5 Å². The fraction of sp³-hybridized carbons (Fsp3) is 0.222. The van der Waals surface area contributed by atoms with Gasteiger partial charge < -0.3 is 14.6 Å². The van der Waals surface area contributed by atoms with Crippen LogP contribution >= 0.6 is 22.9 Å². The lowest BCUT2D eigenvalue weighted by Crippen LogP contribution is -2.26. The summed E-state index contributed by atoms with van der Waals surface area (Å²) in [6.07, 6.45) is 0. The molecule has 1 aromatic carbocycles. The van der Waals surface area contributed by atoms with E-state index >= 15 is 0 Å².